The molecule has 1 aliphatic rings. The molecular weight excluding hydrogens is 256 g/mol. The summed E-state index contributed by atoms with van der Waals surface area (Å²) in [5, 5.41) is 16.9. The Kier molecular flexibility index (Phi) is 3.83. The van der Waals surface area contributed by atoms with Crippen LogP contribution in [-0.2, 0) is 0 Å². The third-order valence-electron chi connectivity index (χ3n) is 2.92. The fourth-order valence-electron chi connectivity index (χ4n) is 1.86. The molecule has 2 rings (SSSR count). The first kappa shape index (κ1) is 14.2. The molecule has 0 saturated carbocycles. The zero-order chi connectivity index (χ0) is 14.9. The Morgan fingerprint density at radius 2 is 1.65 bits per heavy atom. The lowest BCUT2D eigenvalue weighted by atomic mass is 10.2. The molecule has 0 unspecified atom stereocenters. The van der Waals surface area contributed by atoms with Gasteiger partial charge in [-0.25, -0.2) is 14.8 Å². The first-order valence-corrected chi connectivity index (χ1v) is 6.63. The van der Waals surface area contributed by atoms with Crippen LogP contribution in [0.2, 0.25) is 0 Å². The third kappa shape index (κ3) is 2.54. The van der Waals surface area contributed by atoms with E-state index in [4.69, 9.17) is 0 Å². The van der Waals surface area contributed by atoms with Gasteiger partial charge in [0.05, 0.1) is 17.6 Å². The molecule has 6 heteroatoms. The molecule has 1 aromatic carbocycles. The number of phenolic OH excluding ortho intramolecular Hbond substituents is 1. The van der Waals surface area contributed by atoms with Crippen molar-refractivity contribution in [2.75, 3.05) is 0 Å². The van der Waals surface area contributed by atoms with Crippen LogP contribution < -0.4 is 5.43 Å². The molecule has 0 bridgehead atoms. The van der Waals surface area contributed by atoms with Gasteiger partial charge in [-0.3, -0.25) is 0 Å². The number of carbonyl (C=O) groups is 1. The van der Waals surface area contributed by atoms with Crippen LogP contribution >= 0.6 is 0 Å². The van der Waals surface area contributed by atoms with Crippen LogP contribution in [-0.4, -0.2) is 39.1 Å². The maximum atomic E-state index is 12.3. The zero-order valence-corrected chi connectivity index (χ0v) is 12.1. The number of amides is 2. The highest BCUT2D eigenvalue weighted by Gasteiger charge is 2.33. The number of nitrogens with zero attached hydrogens (tertiary/aromatic N) is 4. The first-order chi connectivity index (χ1) is 9.41. The summed E-state index contributed by atoms with van der Waals surface area (Å²) in [6, 6.07) is 6.40. The van der Waals surface area contributed by atoms with Crippen LogP contribution in [0.25, 0.3) is 0 Å². The van der Waals surface area contributed by atoms with Crippen LogP contribution in [0.15, 0.2) is 29.4 Å². The predicted octanol–water partition coefficient (Wildman–Crippen LogP) is 2.13. The van der Waals surface area contributed by atoms with Crippen molar-refractivity contribution < 1.29 is 9.90 Å². The van der Waals surface area contributed by atoms with E-state index in [0.29, 0.717) is 11.4 Å². The molecule has 0 spiro atoms. The number of hydrogen-bond acceptors (Lipinski definition) is 3. The molecular formula is C14H19N4O2. The second-order valence-corrected chi connectivity index (χ2v) is 5.20. The van der Waals surface area contributed by atoms with E-state index in [1.807, 2.05) is 27.7 Å². The Balaban J connectivity index is 2.44. The lowest BCUT2D eigenvalue weighted by Crippen LogP contribution is -2.56. The largest absolute Gasteiger partial charge is 0.507 e. The van der Waals surface area contributed by atoms with E-state index < -0.39 is 0 Å². The fourth-order valence-corrected chi connectivity index (χ4v) is 1.86. The number of carbonyl (C=O) groups excluding carboxylic acids is 1. The summed E-state index contributed by atoms with van der Waals surface area (Å²) in [4.78, 5) is 12.3. The van der Waals surface area contributed by atoms with Crippen molar-refractivity contribution in [3.8, 4) is 5.75 Å². The van der Waals surface area contributed by atoms with Gasteiger partial charge in [0.2, 0.25) is 5.84 Å². The van der Waals surface area contributed by atoms with Gasteiger partial charge in [0.1, 0.15) is 5.75 Å². The maximum absolute atomic E-state index is 12.3. The van der Waals surface area contributed by atoms with Crippen molar-refractivity contribution in [2.24, 2.45) is 5.10 Å². The number of phenols is 1. The molecule has 1 heterocycles. The third-order valence-corrected chi connectivity index (χ3v) is 2.92. The lowest BCUT2D eigenvalue weighted by molar-refractivity contribution is 0.103. The highest BCUT2D eigenvalue weighted by atomic mass is 16.3. The van der Waals surface area contributed by atoms with E-state index in [1.54, 1.807) is 24.3 Å². The second-order valence-electron chi connectivity index (χ2n) is 5.20. The maximum Gasteiger partial charge on any atom is 0.361 e. The number of amidine groups is 1. The van der Waals surface area contributed by atoms with E-state index in [1.165, 1.54) is 10.0 Å². The molecule has 1 aromatic rings. The molecule has 1 N–H and O–H groups in total. The summed E-state index contributed by atoms with van der Waals surface area (Å²) in [6.07, 6.45) is 0. The molecule has 6 nitrogen and oxygen atoms in total. The van der Waals surface area contributed by atoms with Crippen molar-refractivity contribution >= 4 is 11.9 Å². The van der Waals surface area contributed by atoms with E-state index in [0.717, 1.165) is 0 Å². The van der Waals surface area contributed by atoms with Crippen LogP contribution in [0.3, 0.4) is 0 Å². The minimum atomic E-state index is -0.255. The van der Waals surface area contributed by atoms with Gasteiger partial charge in [-0.05, 0) is 39.8 Å². The first-order valence-electron chi connectivity index (χ1n) is 6.63. The molecule has 107 valence electrons. The molecule has 0 atom stereocenters. The van der Waals surface area contributed by atoms with E-state index in [2.05, 4.69) is 10.5 Å². The lowest BCUT2D eigenvalue weighted by Gasteiger charge is -2.35. The van der Waals surface area contributed by atoms with Crippen molar-refractivity contribution in [1.29, 1.82) is 0 Å². The fraction of sp³-hybridized carbons (Fsp3) is 0.429. The van der Waals surface area contributed by atoms with Gasteiger partial charge in [0, 0.05) is 0 Å². The smallest absolute Gasteiger partial charge is 0.361 e. The topological polar surface area (TPSA) is 70.2 Å². The van der Waals surface area contributed by atoms with Crippen LogP contribution in [0, 0.1) is 0 Å². The Morgan fingerprint density at radius 3 is 2.20 bits per heavy atom. The summed E-state index contributed by atoms with van der Waals surface area (Å²) >= 11 is 0. The van der Waals surface area contributed by atoms with Gasteiger partial charge in [-0.1, -0.05) is 12.1 Å². The molecule has 0 fully saturated rings. The van der Waals surface area contributed by atoms with Gasteiger partial charge >= 0.3 is 6.03 Å². The number of urea groups is 1. The average molecular weight is 275 g/mol. The minimum absolute atomic E-state index is 0.0832. The SMILES string of the molecule is CC(C)N1[N]C(c2ccccc2O)=NN(C(C)C)C1=O. The number of hydrazone groups is 1. The molecule has 0 saturated heterocycles. The summed E-state index contributed by atoms with van der Waals surface area (Å²) in [5.41, 5.74) is 4.77. The normalized spacial score (nSPS) is 15.7. The zero-order valence-electron chi connectivity index (χ0n) is 12.1. The van der Waals surface area contributed by atoms with Crippen molar-refractivity contribution in [1.82, 2.24) is 15.4 Å². The van der Waals surface area contributed by atoms with Gasteiger partial charge < -0.3 is 5.11 Å². The molecule has 0 aromatic heterocycles. The van der Waals surface area contributed by atoms with Gasteiger partial charge in [-0.15, -0.1) is 10.5 Å². The van der Waals surface area contributed by atoms with Crippen molar-refractivity contribution in [3.63, 3.8) is 0 Å². The summed E-state index contributed by atoms with van der Waals surface area (Å²) in [7, 11) is 0. The Labute approximate surface area is 118 Å². The Bertz CT molecular complexity index is 540. The number of aromatic hydroxyl groups is 1. The highest BCUT2D eigenvalue weighted by Crippen LogP contribution is 2.21. The molecule has 2 amide bonds. The molecule has 1 radical (unpaired) electrons. The Hall–Kier alpha value is -2.24. The highest BCUT2D eigenvalue weighted by molar-refractivity contribution is 6.03. The van der Waals surface area contributed by atoms with Crippen LogP contribution in [0.5, 0.6) is 5.75 Å². The van der Waals surface area contributed by atoms with Crippen molar-refractivity contribution in [3.05, 3.63) is 29.8 Å². The second kappa shape index (κ2) is 5.40. The number of para-hydroxylation sites is 1. The average Bonchev–Trinajstić information content (AvgIpc) is 2.39. The van der Waals surface area contributed by atoms with E-state index in [-0.39, 0.29) is 23.9 Å². The van der Waals surface area contributed by atoms with Gasteiger partial charge in [-0.2, -0.15) is 0 Å². The van der Waals surface area contributed by atoms with Crippen molar-refractivity contribution in [2.45, 2.75) is 39.8 Å². The number of benzene rings is 1. The quantitative estimate of drug-likeness (QED) is 0.918. The Morgan fingerprint density at radius 1 is 1.05 bits per heavy atom. The van der Waals surface area contributed by atoms with Crippen LogP contribution in [0.4, 0.5) is 4.79 Å². The van der Waals surface area contributed by atoms with Gasteiger partial charge in [0.25, 0.3) is 0 Å². The summed E-state index contributed by atoms with van der Waals surface area (Å²) < 4.78 is 0. The molecule has 20 heavy (non-hydrogen) atoms. The predicted molar refractivity (Wildman–Crippen MR) is 76.1 cm³/mol. The molecule has 1 aliphatic heterocycles. The number of hydrogen-bond donors (Lipinski definition) is 1. The van der Waals surface area contributed by atoms with E-state index >= 15 is 0 Å². The van der Waals surface area contributed by atoms with Gasteiger partial charge in [0.15, 0.2) is 0 Å². The summed E-state index contributed by atoms with van der Waals surface area (Å²) in [6.45, 7) is 7.53. The summed E-state index contributed by atoms with van der Waals surface area (Å²) in [5.74, 6) is 0.432. The number of rotatable bonds is 3. The monoisotopic (exact) mass is 275 g/mol. The van der Waals surface area contributed by atoms with Crippen LogP contribution in [0.1, 0.15) is 33.3 Å². The standard InChI is InChI=1S/C14H19N4O2/c1-9(2)17-14(20)18(10(3)4)16-13(15-17)11-7-5-6-8-12(11)19/h5-10,19H,1-4H3. The molecule has 0 aliphatic carbocycles. The minimum Gasteiger partial charge on any atom is -0.507 e. The van der Waals surface area contributed by atoms with E-state index in [9.17, 15) is 9.90 Å².